The van der Waals surface area contributed by atoms with Gasteiger partial charge < -0.3 is 0 Å². The topological polar surface area (TPSA) is 30.0 Å². The molecule has 0 aliphatic carbocycles. The predicted molar refractivity (Wildman–Crippen MR) is 60.8 cm³/mol. The largest absolute Gasteiger partial charge is 0.293 e. The molecule has 1 rings (SSSR count). The monoisotopic (exact) mass is 209 g/mol. The number of Topliss-reactive ketones (excluding diaryl/α,β-unsaturated/α-hetero) is 1. The van der Waals surface area contributed by atoms with Crippen molar-refractivity contribution < 1.29 is 4.79 Å². The van der Waals surface area contributed by atoms with E-state index in [1.165, 1.54) is 0 Å². The molecule has 0 aromatic carbocycles. The zero-order valence-corrected chi connectivity index (χ0v) is 9.60. The lowest BCUT2D eigenvalue weighted by Crippen LogP contribution is -2.13. The van der Waals surface area contributed by atoms with Crippen LogP contribution in [0.15, 0.2) is 24.5 Å². The van der Waals surface area contributed by atoms with Gasteiger partial charge in [0.25, 0.3) is 0 Å². The lowest BCUT2D eigenvalue weighted by atomic mass is 10.2. The summed E-state index contributed by atoms with van der Waals surface area (Å²) in [5.41, 5.74) is 0.698. The number of carbonyl (C=O) groups is 1. The molecule has 0 saturated heterocycles. The van der Waals surface area contributed by atoms with Gasteiger partial charge in [0, 0.05) is 22.7 Å². The van der Waals surface area contributed by atoms with Crippen molar-refractivity contribution in [3.63, 3.8) is 0 Å². The van der Waals surface area contributed by atoms with Crippen LogP contribution in [0.3, 0.4) is 0 Å². The molecule has 0 atom stereocenters. The molecule has 0 spiro atoms. The van der Waals surface area contributed by atoms with Crippen molar-refractivity contribution in [1.82, 2.24) is 4.98 Å². The van der Waals surface area contributed by atoms with Crippen LogP contribution in [0.1, 0.15) is 31.1 Å². The molecule has 1 heterocycles. The standard InChI is InChI=1S/C11H15NOS/c1-11(2,3)14-8-10(13)9-5-4-6-12-7-9/h4-7H,8H2,1-3H3. The van der Waals surface area contributed by atoms with Gasteiger partial charge in [-0.25, -0.2) is 0 Å². The first-order chi connectivity index (χ1) is 6.49. The first-order valence-corrected chi connectivity index (χ1v) is 5.55. The number of carbonyl (C=O) groups excluding carboxylic acids is 1. The molecule has 3 heteroatoms. The van der Waals surface area contributed by atoms with Crippen LogP contribution in [0.5, 0.6) is 0 Å². The van der Waals surface area contributed by atoms with Crippen molar-refractivity contribution in [2.45, 2.75) is 25.5 Å². The first-order valence-electron chi connectivity index (χ1n) is 4.56. The Morgan fingerprint density at radius 1 is 1.50 bits per heavy atom. The van der Waals surface area contributed by atoms with Crippen LogP contribution in [-0.4, -0.2) is 21.3 Å². The number of hydrogen-bond acceptors (Lipinski definition) is 3. The minimum absolute atomic E-state index is 0.137. The van der Waals surface area contributed by atoms with E-state index in [1.54, 1.807) is 36.3 Å². The van der Waals surface area contributed by atoms with Crippen LogP contribution in [0.25, 0.3) is 0 Å². The molecule has 0 aliphatic heterocycles. The van der Waals surface area contributed by atoms with E-state index >= 15 is 0 Å². The van der Waals surface area contributed by atoms with E-state index in [9.17, 15) is 4.79 Å². The molecule has 0 bridgehead atoms. The molecule has 0 N–H and O–H groups in total. The van der Waals surface area contributed by atoms with Gasteiger partial charge in [-0.3, -0.25) is 9.78 Å². The molecule has 0 unspecified atom stereocenters. The van der Waals surface area contributed by atoms with E-state index in [1.807, 2.05) is 0 Å². The fourth-order valence-electron chi connectivity index (χ4n) is 0.893. The summed E-state index contributed by atoms with van der Waals surface area (Å²) in [5.74, 6) is 0.674. The van der Waals surface area contributed by atoms with E-state index in [-0.39, 0.29) is 10.5 Å². The molecular formula is C11H15NOS. The number of nitrogens with zero attached hydrogens (tertiary/aromatic N) is 1. The minimum atomic E-state index is 0.137. The molecule has 2 nitrogen and oxygen atoms in total. The van der Waals surface area contributed by atoms with Gasteiger partial charge in [0.05, 0.1) is 5.75 Å². The second-order valence-corrected chi connectivity index (χ2v) is 5.87. The van der Waals surface area contributed by atoms with Gasteiger partial charge >= 0.3 is 0 Å². The maximum atomic E-state index is 11.6. The van der Waals surface area contributed by atoms with Gasteiger partial charge in [-0.2, -0.15) is 0 Å². The molecule has 1 aromatic heterocycles. The maximum Gasteiger partial charge on any atom is 0.174 e. The van der Waals surface area contributed by atoms with Crippen molar-refractivity contribution in [2.24, 2.45) is 0 Å². The number of thioether (sulfide) groups is 1. The summed E-state index contributed by atoms with van der Waals surface area (Å²) in [4.78, 5) is 15.6. The Labute approximate surface area is 89.1 Å². The molecule has 0 fully saturated rings. The highest BCUT2D eigenvalue weighted by Gasteiger charge is 2.14. The highest BCUT2D eigenvalue weighted by Crippen LogP contribution is 2.23. The quantitative estimate of drug-likeness (QED) is 0.717. The predicted octanol–water partition coefficient (Wildman–Crippen LogP) is 2.80. The first kappa shape index (κ1) is 11.2. The zero-order valence-electron chi connectivity index (χ0n) is 8.78. The number of aromatic nitrogens is 1. The molecule has 0 amide bonds. The number of hydrogen-bond donors (Lipinski definition) is 0. The fraction of sp³-hybridized carbons (Fsp3) is 0.455. The van der Waals surface area contributed by atoms with E-state index in [0.29, 0.717) is 11.3 Å². The van der Waals surface area contributed by atoms with E-state index < -0.39 is 0 Å². The van der Waals surface area contributed by atoms with Gasteiger partial charge in [-0.05, 0) is 12.1 Å². The third kappa shape index (κ3) is 3.92. The van der Waals surface area contributed by atoms with Crippen molar-refractivity contribution in [2.75, 3.05) is 5.75 Å². The average Bonchev–Trinajstić information content (AvgIpc) is 2.14. The summed E-state index contributed by atoms with van der Waals surface area (Å²) in [6.07, 6.45) is 3.29. The number of pyridine rings is 1. The van der Waals surface area contributed by atoms with Gasteiger partial charge in [-0.1, -0.05) is 20.8 Å². The summed E-state index contributed by atoms with van der Waals surface area (Å²) >= 11 is 1.66. The lowest BCUT2D eigenvalue weighted by Gasteiger charge is -2.16. The van der Waals surface area contributed by atoms with Crippen LogP contribution >= 0.6 is 11.8 Å². The second-order valence-electron chi connectivity index (χ2n) is 4.07. The summed E-state index contributed by atoms with van der Waals surface area (Å²) < 4.78 is 0.137. The van der Waals surface area contributed by atoms with E-state index in [2.05, 4.69) is 25.8 Å². The Balaban J connectivity index is 2.52. The zero-order chi connectivity index (χ0) is 10.6. The lowest BCUT2D eigenvalue weighted by molar-refractivity contribution is 0.102. The van der Waals surface area contributed by atoms with Crippen LogP contribution in [0.2, 0.25) is 0 Å². The normalized spacial score (nSPS) is 11.4. The molecule has 14 heavy (non-hydrogen) atoms. The highest BCUT2D eigenvalue weighted by molar-refractivity contribution is 8.01. The SMILES string of the molecule is CC(C)(C)SCC(=O)c1cccnc1. The number of ketones is 1. The highest BCUT2D eigenvalue weighted by atomic mass is 32.2. The van der Waals surface area contributed by atoms with Crippen molar-refractivity contribution in [3.8, 4) is 0 Å². The summed E-state index contributed by atoms with van der Waals surface area (Å²) in [5, 5.41) is 0. The Kier molecular flexibility index (Phi) is 3.69. The molecular weight excluding hydrogens is 194 g/mol. The third-order valence-electron chi connectivity index (χ3n) is 1.62. The summed E-state index contributed by atoms with van der Waals surface area (Å²) in [6.45, 7) is 6.32. The van der Waals surface area contributed by atoms with Crippen molar-refractivity contribution >= 4 is 17.5 Å². The Morgan fingerprint density at radius 3 is 2.71 bits per heavy atom. The summed E-state index contributed by atoms with van der Waals surface area (Å²) in [6, 6.07) is 3.59. The maximum absolute atomic E-state index is 11.6. The minimum Gasteiger partial charge on any atom is -0.293 e. The van der Waals surface area contributed by atoms with E-state index in [0.717, 1.165) is 0 Å². The molecule has 0 aliphatic rings. The van der Waals surface area contributed by atoms with Gasteiger partial charge in [-0.15, -0.1) is 11.8 Å². The molecule has 0 radical (unpaired) electrons. The second kappa shape index (κ2) is 4.60. The Morgan fingerprint density at radius 2 is 2.21 bits per heavy atom. The van der Waals surface area contributed by atoms with Crippen LogP contribution in [-0.2, 0) is 0 Å². The average molecular weight is 209 g/mol. The fourth-order valence-corrected chi connectivity index (χ4v) is 1.62. The smallest absolute Gasteiger partial charge is 0.174 e. The van der Waals surface area contributed by atoms with Crippen LogP contribution in [0, 0.1) is 0 Å². The molecule has 1 aromatic rings. The van der Waals surface area contributed by atoms with Crippen molar-refractivity contribution in [3.05, 3.63) is 30.1 Å². The van der Waals surface area contributed by atoms with Crippen molar-refractivity contribution in [1.29, 1.82) is 0 Å². The van der Waals surface area contributed by atoms with Gasteiger partial charge in [0.2, 0.25) is 0 Å². The van der Waals surface area contributed by atoms with Crippen LogP contribution in [0.4, 0.5) is 0 Å². The molecule has 76 valence electrons. The van der Waals surface area contributed by atoms with Gasteiger partial charge in [0.15, 0.2) is 5.78 Å². The Bertz CT molecular complexity index is 303. The third-order valence-corrected chi connectivity index (χ3v) is 2.89. The van der Waals surface area contributed by atoms with Crippen LogP contribution < -0.4 is 0 Å². The Hall–Kier alpha value is -0.830. The van der Waals surface area contributed by atoms with E-state index in [4.69, 9.17) is 0 Å². The number of rotatable bonds is 3. The molecule has 0 saturated carbocycles. The van der Waals surface area contributed by atoms with Gasteiger partial charge in [0.1, 0.15) is 0 Å². The summed E-state index contributed by atoms with van der Waals surface area (Å²) in [7, 11) is 0.